The maximum absolute atomic E-state index is 8.60. The Morgan fingerprint density at radius 1 is 1.20 bits per heavy atom. The summed E-state index contributed by atoms with van der Waals surface area (Å²) in [4.78, 5) is 0. The lowest BCUT2D eigenvalue weighted by Gasteiger charge is -1.95. The number of hydrogen-bond donors (Lipinski definition) is 1. The van der Waals surface area contributed by atoms with Crippen LogP contribution in [0.5, 0.6) is 0 Å². The number of hydrogen-bond acceptors (Lipinski definition) is 1. The molecule has 1 rings (SSSR count). The van der Waals surface area contributed by atoms with E-state index >= 15 is 0 Å². The molecule has 0 atom stereocenters. The van der Waals surface area contributed by atoms with E-state index in [0.717, 1.165) is 36.3 Å². The molecule has 1 N–H and O–H groups in total. The van der Waals surface area contributed by atoms with E-state index in [0.29, 0.717) is 6.61 Å². The number of aliphatic hydroxyl groups excluding tert-OH is 1. The molecule has 0 aliphatic rings. The van der Waals surface area contributed by atoms with Crippen LogP contribution in [0.2, 0.25) is 5.02 Å². The molecule has 0 radical (unpaired) electrons. The van der Waals surface area contributed by atoms with Crippen LogP contribution in [-0.4, -0.2) is 11.7 Å². The van der Waals surface area contributed by atoms with Crippen LogP contribution >= 0.6 is 11.6 Å². The van der Waals surface area contributed by atoms with Gasteiger partial charge in [0.2, 0.25) is 0 Å². The van der Waals surface area contributed by atoms with Crippen LogP contribution in [0.25, 0.3) is 6.08 Å². The van der Waals surface area contributed by atoms with Gasteiger partial charge in [-0.3, -0.25) is 0 Å². The van der Waals surface area contributed by atoms with Crippen molar-refractivity contribution in [3.8, 4) is 0 Å². The zero-order valence-electron chi connectivity index (χ0n) is 8.82. The normalized spacial score (nSPS) is 11.1. The molecule has 0 amide bonds. The smallest absolute Gasteiger partial charge is 0.0431 e. The predicted octanol–water partition coefficient (Wildman–Crippen LogP) is 3.91. The summed E-state index contributed by atoms with van der Waals surface area (Å²) in [5.41, 5.74) is 1.14. The molecule has 0 aliphatic heterocycles. The second kappa shape index (κ2) is 7.49. The van der Waals surface area contributed by atoms with E-state index in [2.05, 4.69) is 12.2 Å². The molecular formula is C13H17ClO. The van der Waals surface area contributed by atoms with Crippen molar-refractivity contribution in [1.29, 1.82) is 0 Å². The van der Waals surface area contributed by atoms with Gasteiger partial charge in [-0.2, -0.15) is 0 Å². The predicted molar refractivity (Wildman–Crippen MR) is 66.0 cm³/mol. The first-order valence-electron chi connectivity index (χ1n) is 5.36. The quantitative estimate of drug-likeness (QED) is 0.727. The third-order valence-corrected chi connectivity index (χ3v) is 2.42. The average Bonchev–Trinajstić information content (AvgIpc) is 2.23. The monoisotopic (exact) mass is 224 g/mol. The molecule has 0 heterocycles. The van der Waals surface area contributed by atoms with Crippen molar-refractivity contribution in [2.75, 3.05) is 6.61 Å². The largest absolute Gasteiger partial charge is 0.396 e. The van der Waals surface area contributed by atoms with E-state index in [1.807, 2.05) is 24.3 Å². The van der Waals surface area contributed by atoms with Gasteiger partial charge in [-0.15, -0.1) is 0 Å². The standard InChI is InChI=1S/C13H17ClO/c14-13-9-6-8-12(11-13)7-4-2-1-3-5-10-15/h4,6-9,11,15H,1-3,5,10H2. The van der Waals surface area contributed by atoms with E-state index in [-0.39, 0.29) is 0 Å². The Kier molecular flexibility index (Phi) is 6.14. The third-order valence-electron chi connectivity index (χ3n) is 2.19. The van der Waals surface area contributed by atoms with Crippen molar-refractivity contribution < 1.29 is 5.11 Å². The molecule has 1 aromatic rings. The van der Waals surface area contributed by atoms with E-state index in [1.165, 1.54) is 0 Å². The fourth-order valence-electron chi connectivity index (χ4n) is 1.38. The van der Waals surface area contributed by atoms with E-state index < -0.39 is 0 Å². The first-order valence-corrected chi connectivity index (χ1v) is 5.73. The Morgan fingerprint density at radius 2 is 2.07 bits per heavy atom. The number of benzene rings is 1. The maximum Gasteiger partial charge on any atom is 0.0431 e. The number of unbranched alkanes of at least 4 members (excludes halogenated alkanes) is 3. The Balaban J connectivity index is 2.26. The van der Waals surface area contributed by atoms with Gasteiger partial charge in [0.25, 0.3) is 0 Å². The van der Waals surface area contributed by atoms with Gasteiger partial charge in [0.1, 0.15) is 0 Å². The second-order valence-electron chi connectivity index (χ2n) is 3.53. The SMILES string of the molecule is OCCCCCC=Cc1cccc(Cl)c1. The first kappa shape index (κ1) is 12.3. The number of rotatable bonds is 6. The summed E-state index contributed by atoms with van der Waals surface area (Å²) in [6.07, 6.45) is 8.44. The van der Waals surface area contributed by atoms with Gasteiger partial charge in [-0.1, -0.05) is 42.3 Å². The van der Waals surface area contributed by atoms with Crippen molar-refractivity contribution >= 4 is 17.7 Å². The molecule has 0 bridgehead atoms. The molecule has 0 fully saturated rings. The number of aliphatic hydroxyl groups is 1. The van der Waals surface area contributed by atoms with Crippen molar-refractivity contribution in [2.45, 2.75) is 25.7 Å². The van der Waals surface area contributed by atoms with Crippen LogP contribution in [0.15, 0.2) is 30.3 Å². The minimum atomic E-state index is 0.304. The third kappa shape index (κ3) is 5.60. The molecule has 2 heteroatoms. The summed E-state index contributed by atoms with van der Waals surface area (Å²) in [5, 5.41) is 9.37. The molecular weight excluding hydrogens is 208 g/mol. The van der Waals surface area contributed by atoms with E-state index in [9.17, 15) is 0 Å². The van der Waals surface area contributed by atoms with Crippen LogP contribution in [0.4, 0.5) is 0 Å². The van der Waals surface area contributed by atoms with Gasteiger partial charge in [0.05, 0.1) is 0 Å². The number of allylic oxidation sites excluding steroid dienone is 1. The Labute approximate surface area is 96.4 Å². The fraction of sp³-hybridized carbons (Fsp3) is 0.385. The fourth-order valence-corrected chi connectivity index (χ4v) is 1.58. The highest BCUT2D eigenvalue weighted by molar-refractivity contribution is 6.30. The van der Waals surface area contributed by atoms with Gasteiger partial charge in [-0.25, -0.2) is 0 Å². The lowest BCUT2D eigenvalue weighted by molar-refractivity contribution is 0.283. The Hall–Kier alpha value is -0.790. The van der Waals surface area contributed by atoms with Crippen LogP contribution in [0.3, 0.4) is 0 Å². The van der Waals surface area contributed by atoms with Crippen molar-refractivity contribution in [1.82, 2.24) is 0 Å². The molecule has 1 nitrogen and oxygen atoms in total. The molecule has 0 saturated heterocycles. The molecule has 0 spiro atoms. The molecule has 0 unspecified atom stereocenters. The Bertz CT molecular complexity index is 307. The molecule has 82 valence electrons. The van der Waals surface area contributed by atoms with E-state index in [1.54, 1.807) is 0 Å². The summed E-state index contributed by atoms with van der Waals surface area (Å²) >= 11 is 5.86. The van der Waals surface area contributed by atoms with Gasteiger partial charge in [0.15, 0.2) is 0 Å². The van der Waals surface area contributed by atoms with Crippen LogP contribution in [0, 0.1) is 0 Å². The first-order chi connectivity index (χ1) is 7.33. The zero-order valence-corrected chi connectivity index (χ0v) is 9.58. The Morgan fingerprint density at radius 3 is 2.80 bits per heavy atom. The summed E-state index contributed by atoms with van der Waals surface area (Å²) < 4.78 is 0. The minimum Gasteiger partial charge on any atom is -0.396 e. The lowest BCUT2D eigenvalue weighted by Crippen LogP contribution is -1.81. The summed E-state index contributed by atoms with van der Waals surface area (Å²) in [6.45, 7) is 0.304. The molecule has 0 aromatic heterocycles. The lowest BCUT2D eigenvalue weighted by atomic mass is 10.1. The zero-order chi connectivity index (χ0) is 10.9. The van der Waals surface area contributed by atoms with E-state index in [4.69, 9.17) is 16.7 Å². The van der Waals surface area contributed by atoms with Crippen LogP contribution < -0.4 is 0 Å². The second-order valence-corrected chi connectivity index (χ2v) is 3.97. The molecule has 1 aromatic carbocycles. The highest BCUT2D eigenvalue weighted by Gasteiger charge is 1.89. The van der Waals surface area contributed by atoms with Gasteiger partial charge in [-0.05, 0) is 37.0 Å². The van der Waals surface area contributed by atoms with Crippen molar-refractivity contribution in [3.63, 3.8) is 0 Å². The minimum absolute atomic E-state index is 0.304. The van der Waals surface area contributed by atoms with Crippen LogP contribution in [0.1, 0.15) is 31.2 Å². The highest BCUT2D eigenvalue weighted by Crippen LogP contribution is 2.12. The maximum atomic E-state index is 8.60. The number of halogens is 1. The topological polar surface area (TPSA) is 20.2 Å². The molecule has 0 saturated carbocycles. The van der Waals surface area contributed by atoms with Crippen molar-refractivity contribution in [2.24, 2.45) is 0 Å². The van der Waals surface area contributed by atoms with Crippen LogP contribution in [-0.2, 0) is 0 Å². The van der Waals surface area contributed by atoms with Crippen molar-refractivity contribution in [3.05, 3.63) is 40.9 Å². The van der Waals surface area contributed by atoms with Gasteiger partial charge >= 0.3 is 0 Å². The average molecular weight is 225 g/mol. The molecule has 15 heavy (non-hydrogen) atoms. The summed E-state index contributed by atoms with van der Waals surface area (Å²) in [5.74, 6) is 0. The summed E-state index contributed by atoms with van der Waals surface area (Å²) in [6, 6.07) is 7.82. The van der Waals surface area contributed by atoms with Gasteiger partial charge < -0.3 is 5.11 Å². The highest BCUT2D eigenvalue weighted by atomic mass is 35.5. The van der Waals surface area contributed by atoms with Gasteiger partial charge in [0, 0.05) is 11.6 Å². The molecule has 0 aliphatic carbocycles. The summed E-state index contributed by atoms with van der Waals surface area (Å²) in [7, 11) is 0.